The van der Waals surface area contributed by atoms with Crippen molar-refractivity contribution in [3.05, 3.63) is 37.1 Å². The average molecular weight is 365 g/mol. The number of nitrogens with zero attached hydrogens (tertiary/aromatic N) is 2. The van der Waals surface area contributed by atoms with Crippen molar-refractivity contribution in [2.75, 3.05) is 13.1 Å². The minimum Gasteiger partial charge on any atom is -0.355 e. The first kappa shape index (κ1) is 15.6. The Bertz CT molecular complexity index is 876. The Kier molecular flexibility index (Phi) is 3.59. The Morgan fingerprint density at radius 2 is 2.12 bits per heavy atom. The van der Waals surface area contributed by atoms with Gasteiger partial charge in [-0.15, -0.1) is 11.3 Å². The number of rotatable bonds is 5. The van der Waals surface area contributed by atoms with Crippen LogP contribution in [0.1, 0.15) is 0 Å². The molecular weight excluding hydrogens is 350 g/mol. The highest BCUT2D eigenvalue weighted by molar-refractivity contribution is 7.91. The van der Waals surface area contributed by atoms with Gasteiger partial charge in [-0.05, 0) is 30.0 Å². The molecule has 126 valence electrons. The highest BCUT2D eigenvalue weighted by atomic mass is 32.2. The van der Waals surface area contributed by atoms with Crippen LogP contribution in [0.25, 0.3) is 10.6 Å². The Morgan fingerprint density at radius 3 is 2.75 bits per heavy atom. The van der Waals surface area contributed by atoms with Crippen LogP contribution in [0.5, 0.6) is 0 Å². The summed E-state index contributed by atoms with van der Waals surface area (Å²) in [5.41, 5.74) is 0. The molecule has 9 heteroatoms. The van der Waals surface area contributed by atoms with Crippen molar-refractivity contribution in [2.45, 2.75) is 10.3 Å². The van der Waals surface area contributed by atoms with E-state index in [1.165, 1.54) is 27.9 Å². The van der Waals surface area contributed by atoms with Crippen LogP contribution in [-0.4, -0.2) is 42.9 Å². The predicted octanol–water partition coefficient (Wildman–Crippen LogP) is 1.32. The lowest BCUT2D eigenvalue weighted by Gasteiger charge is -2.18. The minimum atomic E-state index is -3.51. The SMILES string of the molecule is C=CC(=O)NC1C2CN(S(=O)(=O)c3ccc(-c4ccno4)s3)CC21. The Morgan fingerprint density at radius 1 is 1.38 bits per heavy atom. The van der Waals surface area contributed by atoms with E-state index in [0.29, 0.717) is 23.1 Å². The number of carbonyl (C=O) groups is 1. The van der Waals surface area contributed by atoms with Crippen LogP contribution in [0.4, 0.5) is 0 Å². The second-order valence-electron chi connectivity index (χ2n) is 5.88. The van der Waals surface area contributed by atoms with E-state index >= 15 is 0 Å². The third-order valence-electron chi connectivity index (χ3n) is 4.51. The molecule has 1 N–H and O–H groups in total. The van der Waals surface area contributed by atoms with Crippen molar-refractivity contribution >= 4 is 27.3 Å². The fourth-order valence-electron chi connectivity index (χ4n) is 3.18. The monoisotopic (exact) mass is 365 g/mol. The highest BCUT2D eigenvalue weighted by Crippen LogP contribution is 2.47. The van der Waals surface area contributed by atoms with Crippen LogP contribution in [0, 0.1) is 11.8 Å². The standard InChI is InChI=1S/C15H15N3O4S2/c1-2-13(19)17-15-9-7-18(8-10(9)15)24(20,21)14-4-3-12(23-14)11-5-6-16-22-11/h2-6,9-10,15H,1,7-8H2,(H,17,19). The third-order valence-corrected chi connectivity index (χ3v) is 7.91. The fourth-order valence-corrected chi connectivity index (χ4v) is 6.12. The van der Waals surface area contributed by atoms with Crippen LogP contribution in [0.3, 0.4) is 0 Å². The molecule has 2 atom stereocenters. The normalized spacial score (nSPS) is 26.1. The summed E-state index contributed by atoms with van der Waals surface area (Å²) < 4.78 is 32.4. The first-order valence-electron chi connectivity index (χ1n) is 7.44. The molecule has 2 unspecified atom stereocenters. The molecule has 1 aliphatic heterocycles. The van der Waals surface area contributed by atoms with E-state index in [0.717, 1.165) is 4.88 Å². The molecule has 2 fully saturated rings. The summed E-state index contributed by atoms with van der Waals surface area (Å²) in [4.78, 5) is 12.1. The van der Waals surface area contributed by atoms with Crippen LogP contribution in [0.2, 0.25) is 0 Å². The number of amides is 1. The van der Waals surface area contributed by atoms with E-state index in [1.54, 1.807) is 18.2 Å². The molecule has 1 saturated carbocycles. The summed E-state index contributed by atoms with van der Waals surface area (Å²) >= 11 is 1.17. The number of carbonyl (C=O) groups excluding carboxylic acids is 1. The van der Waals surface area contributed by atoms with Crippen LogP contribution in [-0.2, 0) is 14.8 Å². The molecule has 2 aromatic rings. The van der Waals surface area contributed by atoms with Crippen molar-refractivity contribution in [1.82, 2.24) is 14.8 Å². The largest absolute Gasteiger partial charge is 0.355 e. The molecule has 2 aromatic heterocycles. The predicted molar refractivity (Wildman–Crippen MR) is 87.7 cm³/mol. The van der Waals surface area contributed by atoms with Gasteiger partial charge in [-0.3, -0.25) is 4.79 Å². The number of fused-ring (bicyclic) bond motifs is 1. The lowest BCUT2D eigenvalue weighted by Crippen LogP contribution is -2.36. The molecule has 3 heterocycles. The molecule has 0 aromatic carbocycles. The van der Waals surface area contributed by atoms with Crippen LogP contribution in [0.15, 0.2) is 45.8 Å². The molecule has 2 aliphatic rings. The third kappa shape index (κ3) is 2.48. The number of nitrogens with one attached hydrogen (secondary N) is 1. The van der Waals surface area contributed by atoms with Gasteiger partial charge in [-0.2, -0.15) is 4.31 Å². The number of aromatic nitrogens is 1. The van der Waals surface area contributed by atoms with Crippen LogP contribution < -0.4 is 5.32 Å². The van der Waals surface area contributed by atoms with Gasteiger partial charge in [0, 0.05) is 25.2 Å². The zero-order chi connectivity index (χ0) is 16.9. The number of sulfonamides is 1. The molecule has 24 heavy (non-hydrogen) atoms. The van der Waals surface area contributed by atoms with Gasteiger partial charge < -0.3 is 9.84 Å². The Balaban J connectivity index is 1.46. The van der Waals surface area contributed by atoms with Gasteiger partial charge >= 0.3 is 0 Å². The van der Waals surface area contributed by atoms with Gasteiger partial charge in [0.1, 0.15) is 4.21 Å². The van der Waals surface area contributed by atoms with Gasteiger partial charge in [0.05, 0.1) is 11.1 Å². The molecule has 0 radical (unpaired) electrons. The molecule has 0 bridgehead atoms. The molecule has 1 amide bonds. The maximum atomic E-state index is 12.8. The van der Waals surface area contributed by atoms with E-state index in [-0.39, 0.29) is 23.8 Å². The first-order valence-corrected chi connectivity index (χ1v) is 9.70. The van der Waals surface area contributed by atoms with Gasteiger partial charge in [0.15, 0.2) is 5.76 Å². The maximum absolute atomic E-state index is 12.8. The van der Waals surface area contributed by atoms with Crippen molar-refractivity contribution < 1.29 is 17.7 Å². The van der Waals surface area contributed by atoms with Gasteiger partial charge in [-0.1, -0.05) is 11.7 Å². The summed E-state index contributed by atoms with van der Waals surface area (Å²) in [5, 5.41) is 6.48. The van der Waals surface area contributed by atoms with E-state index in [4.69, 9.17) is 4.52 Å². The maximum Gasteiger partial charge on any atom is 0.252 e. The van der Waals surface area contributed by atoms with Crippen molar-refractivity contribution in [1.29, 1.82) is 0 Å². The second kappa shape index (κ2) is 5.54. The van der Waals surface area contributed by atoms with Gasteiger partial charge in [-0.25, -0.2) is 8.42 Å². The second-order valence-corrected chi connectivity index (χ2v) is 9.13. The van der Waals surface area contributed by atoms with Gasteiger partial charge in [0.2, 0.25) is 5.91 Å². The molecule has 7 nitrogen and oxygen atoms in total. The lowest BCUT2D eigenvalue weighted by molar-refractivity contribution is -0.116. The van der Waals surface area contributed by atoms with E-state index in [2.05, 4.69) is 17.1 Å². The molecular formula is C15H15N3O4S2. The summed E-state index contributed by atoms with van der Waals surface area (Å²) in [5.74, 6) is 0.728. The van der Waals surface area contributed by atoms with Crippen molar-refractivity contribution in [3.8, 4) is 10.6 Å². The van der Waals surface area contributed by atoms with Crippen molar-refractivity contribution in [3.63, 3.8) is 0 Å². The average Bonchev–Trinajstić information content (AvgIpc) is 3.13. The quantitative estimate of drug-likeness (QED) is 0.807. The Labute approximate surface area is 143 Å². The summed E-state index contributed by atoms with van der Waals surface area (Å²) in [6.45, 7) is 4.29. The first-order chi connectivity index (χ1) is 11.5. The zero-order valence-corrected chi connectivity index (χ0v) is 14.2. The Hall–Kier alpha value is -1.97. The fraction of sp³-hybridized carbons (Fsp3) is 0.333. The highest BCUT2D eigenvalue weighted by Gasteiger charge is 2.58. The van der Waals surface area contributed by atoms with E-state index < -0.39 is 10.0 Å². The minimum absolute atomic E-state index is 0.0649. The molecule has 1 aliphatic carbocycles. The summed E-state index contributed by atoms with van der Waals surface area (Å²) in [7, 11) is -3.51. The van der Waals surface area contributed by atoms with E-state index in [1.807, 2.05) is 0 Å². The molecule has 0 spiro atoms. The number of thiophene rings is 1. The molecule has 4 rings (SSSR count). The summed E-state index contributed by atoms with van der Waals surface area (Å²) in [6.07, 6.45) is 2.76. The van der Waals surface area contributed by atoms with Crippen molar-refractivity contribution in [2.24, 2.45) is 11.8 Å². The van der Waals surface area contributed by atoms with Gasteiger partial charge in [0.25, 0.3) is 10.0 Å². The summed E-state index contributed by atoms with van der Waals surface area (Å²) in [6, 6.07) is 5.08. The van der Waals surface area contributed by atoms with Crippen LogP contribution >= 0.6 is 11.3 Å². The molecule has 1 saturated heterocycles. The smallest absolute Gasteiger partial charge is 0.252 e. The number of hydrogen-bond donors (Lipinski definition) is 1. The number of piperidine rings is 1. The lowest BCUT2D eigenvalue weighted by atomic mass is 10.4. The van der Waals surface area contributed by atoms with E-state index in [9.17, 15) is 13.2 Å². The topological polar surface area (TPSA) is 92.5 Å². The zero-order valence-electron chi connectivity index (χ0n) is 12.6. The number of hydrogen-bond acceptors (Lipinski definition) is 6.